The number of aliphatic hydroxyl groups is 1. The number of ether oxygens (including phenoxy) is 2. The summed E-state index contributed by atoms with van der Waals surface area (Å²) < 4.78 is 10.7. The van der Waals surface area contributed by atoms with Gasteiger partial charge in [-0.2, -0.15) is 5.26 Å². The van der Waals surface area contributed by atoms with Gasteiger partial charge in [0.2, 0.25) is 0 Å². The molecular weight excluding hydrogens is 266 g/mol. The Hall–Kier alpha value is -1.41. The molecule has 114 valence electrons. The van der Waals surface area contributed by atoms with Gasteiger partial charge in [-0.3, -0.25) is 0 Å². The van der Waals surface area contributed by atoms with Crippen molar-refractivity contribution in [1.82, 2.24) is 0 Å². The summed E-state index contributed by atoms with van der Waals surface area (Å²) in [5, 5.41) is 19.5. The second-order valence-corrected chi connectivity index (χ2v) is 5.48. The van der Waals surface area contributed by atoms with E-state index in [1.807, 2.05) is 38.1 Å². The lowest BCUT2D eigenvalue weighted by atomic mass is 9.80. The van der Waals surface area contributed by atoms with Gasteiger partial charge in [0.05, 0.1) is 12.7 Å². The summed E-state index contributed by atoms with van der Waals surface area (Å²) in [5.74, 6) is -0.0446. The molecule has 1 heterocycles. The molecule has 1 fully saturated rings. The predicted molar refractivity (Wildman–Crippen MR) is 79.8 cm³/mol. The van der Waals surface area contributed by atoms with Gasteiger partial charge in [0, 0.05) is 19.1 Å². The number of nitrogens with zero attached hydrogens (tertiary/aromatic N) is 1. The lowest BCUT2D eigenvalue weighted by molar-refractivity contribution is -0.111. The zero-order valence-corrected chi connectivity index (χ0v) is 12.7. The number of hydrogen-bond donors (Lipinski definition) is 1. The third kappa shape index (κ3) is 3.26. The van der Waals surface area contributed by atoms with Crippen molar-refractivity contribution in [3.63, 3.8) is 0 Å². The van der Waals surface area contributed by atoms with Crippen LogP contribution < -0.4 is 0 Å². The summed E-state index contributed by atoms with van der Waals surface area (Å²) in [6.45, 7) is 5.49. The van der Waals surface area contributed by atoms with E-state index in [1.165, 1.54) is 0 Å². The second kappa shape index (κ2) is 7.04. The minimum Gasteiger partial charge on any atom is -0.379 e. The highest BCUT2D eigenvalue weighted by atomic mass is 16.6. The molecule has 1 N–H and O–H groups in total. The molecule has 0 amide bonds. The lowest BCUT2D eigenvalue weighted by Crippen LogP contribution is -2.25. The maximum Gasteiger partial charge on any atom is 0.161 e. The smallest absolute Gasteiger partial charge is 0.161 e. The molecule has 0 radical (unpaired) electrons. The van der Waals surface area contributed by atoms with Crippen molar-refractivity contribution in [2.45, 2.75) is 44.3 Å². The quantitative estimate of drug-likeness (QED) is 0.818. The molecule has 3 unspecified atom stereocenters. The van der Waals surface area contributed by atoms with E-state index in [-0.39, 0.29) is 5.92 Å². The van der Waals surface area contributed by atoms with Gasteiger partial charge in [0.25, 0.3) is 0 Å². The van der Waals surface area contributed by atoms with Gasteiger partial charge in [-0.25, -0.2) is 0 Å². The van der Waals surface area contributed by atoms with Crippen LogP contribution >= 0.6 is 0 Å². The molecule has 4 nitrogen and oxygen atoms in total. The van der Waals surface area contributed by atoms with Crippen molar-refractivity contribution in [2.75, 3.05) is 19.8 Å². The summed E-state index contributed by atoms with van der Waals surface area (Å²) in [6, 6.07) is 10.3. The van der Waals surface area contributed by atoms with Crippen LogP contribution in [-0.4, -0.2) is 31.2 Å². The Morgan fingerprint density at radius 2 is 2.10 bits per heavy atom. The van der Waals surface area contributed by atoms with E-state index >= 15 is 0 Å². The Labute approximate surface area is 126 Å². The van der Waals surface area contributed by atoms with Gasteiger partial charge in [-0.05, 0) is 30.9 Å². The van der Waals surface area contributed by atoms with Gasteiger partial charge in [0.1, 0.15) is 5.41 Å². The highest BCUT2D eigenvalue weighted by Gasteiger charge is 2.37. The van der Waals surface area contributed by atoms with E-state index in [4.69, 9.17) is 9.47 Å². The molecule has 0 aliphatic carbocycles. The average molecular weight is 289 g/mol. The van der Waals surface area contributed by atoms with Crippen LogP contribution in [0.15, 0.2) is 24.3 Å². The maximum atomic E-state index is 10.0. The third-order valence-corrected chi connectivity index (χ3v) is 4.25. The zero-order valence-electron chi connectivity index (χ0n) is 12.7. The van der Waals surface area contributed by atoms with Gasteiger partial charge in [0.15, 0.2) is 6.29 Å². The summed E-state index contributed by atoms with van der Waals surface area (Å²) in [5.41, 5.74) is 1.51. The fourth-order valence-corrected chi connectivity index (χ4v) is 2.88. The van der Waals surface area contributed by atoms with E-state index in [9.17, 15) is 10.4 Å². The molecule has 2 rings (SSSR count). The summed E-state index contributed by atoms with van der Waals surface area (Å²) in [4.78, 5) is 0. The first-order valence-electron chi connectivity index (χ1n) is 7.56. The Kier molecular flexibility index (Phi) is 5.35. The normalized spacial score (nSPS) is 24.5. The largest absolute Gasteiger partial charge is 0.379 e. The minimum absolute atomic E-state index is 0.0446. The Morgan fingerprint density at radius 1 is 1.38 bits per heavy atom. The number of hydrogen-bond acceptors (Lipinski definition) is 4. The number of benzene rings is 1. The van der Waals surface area contributed by atoms with Crippen LogP contribution in [0.4, 0.5) is 0 Å². The second-order valence-electron chi connectivity index (χ2n) is 5.48. The predicted octanol–water partition coefficient (Wildman–Crippen LogP) is 2.72. The molecule has 3 atom stereocenters. The Morgan fingerprint density at radius 3 is 2.57 bits per heavy atom. The molecule has 0 aromatic heterocycles. The maximum absolute atomic E-state index is 10.0. The molecule has 1 aliphatic rings. The van der Waals surface area contributed by atoms with Crippen LogP contribution in [-0.2, 0) is 14.9 Å². The van der Waals surface area contributed by atoms with Crippen molar-refractivity contribution in [3.8, 4) is 6.07 Å². The molecule has 21 heavy (non-hydrogen) atoms. The van der Waals surface area contributed by atoms with Crippen molar-refractivity contribution in [3.05, 3.63) is 35.4 Å². The average Bonchev–Trinajstić information content (AvgIpc) is 2.99. The first-order valence-corrected chi connectivity index (χ1v) is 7.56. The van der Waals surface area contributed by atoms with Crippen LogP contribution in [0.2, 0.25) is 0 Å². The monoisotopic (exact) mass is 289 g/mol. The van der Waals surface area contributed by atoms with Crippen LogP contribution in [0.25, 0.3) is 0 Å². The van der Waals surface area contributed by atoms with E-state index in [1.54, 1.807) is 0 Å². The van der Waals surface area contributed by atoms with Crippen molar-refractivity contribution >= 4 is 0 Å². The van der Waals surface area contributed by atoms with Gasteiger partial charge in [-0.1, -0.05) is 31.2 Å². The first kappa shape index (κ1) is 16.0. The fourth-order valence-electron chi connectivity index (χ4n) is 2.88. The highest BCUT2D eigenvalue weighted by Crippen LogP contribution is 2.34. The number of aliphatic hydroxyl groups excluding tert-OH is 1. The third-order valence-electron chi connectivity index (χ3n) is 4.25. The van der Waals surface area contributed by atoms with Crippen molar-refractivity contribution in [2.24, 2.45) is 0 Å². The van der Waals surface area contributed by atoms with E-state index in [0.717, 1.165) is 24.0 Å². The van der Waals surface area contributed by atoms with E-state index in [0.29, 0.717) is 19.8 Å². The van der Waals surface area contributed by atoms with Crippen LogP contribution in [0.5, 0.6) is 0 Å². The standard InChI is InChI=1S/C17H23NO3/c1-3-15(16(19)21-4-2)13-5-7-14(8-6-13)17(11-18)9-10-20-12-17/h5-8,15-16,19H,3-4,9-10,12H2,1-2H3. The Balaban J connectivity index is 2.20. The minimum atomic E-state index is -0.786. The molecule has 4 heteroatoms. The summed E-state index contributed by atoms with van der Waals surface area (Å²) >= 11 is 0. The van der Waals surface area contributed by atoms with Gasteiger partial charge >= 0.3 is 0 Å². The van der Waals surface area contributed by atoms with Crippen molar-refractivity contribution in [1.29, 1.82) is 5.26 Å². The fraction of sp³-hybridized carbons (Fsp3) is 0.588. The molecule has 1 aromatic rings. The van der Waals surface area contributed by atoms with E-state index < -0.39 is 11.7 Å². The number of nitriles is 1. The first-order chi connectivity index (χ1) is 10.2. The molecule has 0 saturated carbocycles. The summed E-state index contributed by atoms with van der Waals surface area (Å²) in [7, 11) is 0. The molecule has 0 spiro atoms. The Bertz CT molecular complexity index is 486. The SMILES string of the molecule is CCOC(O)C(CC)c1ccc(C2(C#N)CCOC2)cc1. The lowest BCUT2D eigenvalue weighted by Gasteiger charge is -2.23. The van der Waals surface area contributed by atoms with Gasteiger partial charge < -0.3 is 14.6 Å². The summed E-state index contributed by atoms with van der Waals surface area (Å²) in [6.07, 6.45) is 0.750. The molecule has 1 aromatic carbocycles. The molecule has 1 aliphatic heterocycles. The highest BCUT2D eigenvalue weighted by molar-refractivity contribution is 5.36. The topological polar surface area (TPSA) is 62.5 Å². The van der Waals surface area contributed by atoms with Crippen LogP contribution in [0.3, 0.4) is 0 Å². The van der Waals surface area contributed by atoms with Crippen LogP contribution in [0, 0.1) is 11.3 Å². The van der Waals surface area contributed by atoms with Crippen molar-refractivity contribution < 1.29 is 14.6 Å². The number of rotatable bonds is 6. The molecule has 1 saturated heterocycles. The zero-order chi connectivity index (χ0) is 15.3. The van der Waals surface area contributed by atoms with Gasteiger partial charge in [-0.15, -0.1) is 0 Å². The van der Waals surface area contributed by atoms with E-state index in [2.05, 4.69) is 6.07 Å². The molecular formula is C17H23NO3. The van der Waals surface area contributed by atoms with Crippen LogP contribution in [0.1, 0.15) is 43.7 Å². The molecule has 0 bridgehead atoms.